The number of benzene rings is 2. The lowest BCUT2D eigenvalue weighted by Gasteiger charge is -2.34. The summed E-state index contributed by atoms with van der Waals surface area (Å²) in [4.78, 5) is 33.6. The van der Waals surface area contributed by atoms with Crippen molar-refractivity contribution in [3.8, 4) is 10.8 Å². The molecule has 4 aromatic rings. The van der Waals surface area contributed by atoms with Crippen molar-refractivity contribution >= 4 is 33.4 Å². The molecule has 1 aliphatic heterocycles. The summed E-state index contributed by atoms with van der Waals surface area (Å²) >= 11 is 1.54. The third-order valence-corrected chi connectivity index (χ3v) is 6.25. The van der Waals surface area contributed by atoms with Crippen molar-refractivity contribution in [2.24, 2.45) is 0 Å². The van der Waals surface area contributed by atoms with Crippen LogP contribution in [0.25, 0.3) is 21.0 Å². The number of furan rings is 1. The molecule has 7 heteroatoms. The number of thiazole rings is 1. The number of nitrogens with zero attached hydrogens (tertiary/aromatic N) is 3. The van der Waals surface area contributed by atoms with Crippen molar-refractivity contribution in [2.45, 2.75) is 0 Å². The maximum atomic E-state index is 12.9. The van der Waals surface area contributed by atoms with Gasteiger partial charge in [-0.15, -0.1) is 11.3 Å². The summed E-state index contributed by atoms with van der Waals surface area (Å²) in [6, 6.07) is 20.6. The Balaban J connectivity index is 1.26. The second-order valence-corrected chi connectivity index (χ2v) is 8.13. The Hall–Kier alpha value is -3.45. The number of fused-ring (bicyclic) bond motifs is 1. The van der Waals surface area contributed by atoms with Gasteiger partial charge in [0.15, 0.2) is 16.5 Å². The van der Waals surface area contributed by atoms with Crippen LogP contribution in [0.5, 0.6) is 0 Å². The molecule has 0 unspecified atom stereocenters. The Morgan fingerprint density at radius 2 is 1.47 bits per heavy atom. The lowest BCUT2D eigenvalue weighted by Crippen LogP contribution is -2.50. The number of para-hydroxylation sites is 1. The van der Waals surface area contributed by atoms with Crippen molar-refractivity contribution in [3.63, 3.8) is 0 Å². The van der Waals surface area contributed by atoms with Crippen LogP contribution in [0.2, 0.25) is 0 Å². The molecule has 0 N–H and O–H groups in total. The fourth-order valence-corrected chi connectivity index (χ4v) is 4.50. The monoisotopic (exact) mass is 417 g/mol. The fourth-order valence-electron chi connectivity index (χ4n) is 3.58. The largest absolute Gasteiger partial charge is 0.448 e. The molecule has 30 heavy (non-hydrogen) atoms. The van der Waals surface area contributed by atoms with E-state index in [9.17, 15) is 9.59 Å². The van der Waals surface area contributed by atoms with E-state index in [2.05, 4.69) is 4.98 Å². The highest BCUT2D eigenvalue weighted by molar-refractivity contribution is 7.21. The molecule has 2 aromatic heterocycles. The predicted molar refractivity (Wildman–Crippen MR) is 116 cm³/mol. The van der Waals surface area contributed by atoms with Gasteiger partial charge >= 0.3 is 0 Å². The number of hydrogen-bond donors (Lipinski definition) is 0. The number of carbonyl (C=O) groups excluding carboxylic acids is 2. The van der Waals surface area contributed by atoms with Crippen molar-refractivity contribution < 1.29 is 14.0 Å². The average Bonchev–Trinajstić information content (AvgIpc) is 3.46. The molecule has 1 saturated heterocycles. The molecule has 1 fully saturated rings. The molecule has 0 bridgehead atoms. The summed E-state index contributed by atoms with van der Waals surface area (Å²) in [5, 5.41) is 0.758. The average molecular weight is 417 g/mol. The molecule has 0 atom stereocenters. The minimum absolute atomic E-state index is 0.00109. The van der Waals surface area contributed by atoms with E-state index < -0.39 is 0 Å². The smallest absolute Gasteiger partial charge is 0.289 e. The molecule has 0 radical (unpaired) electrons. The van der Waals surface area contributed by atoms with E-state index in [1.54, 1.807) is 21.9 Å². The second-order valence-electron chi connectivity index (χ2n) is 7.10. The van der Waals surface area contributed by atoms with Gasteiger partial charge in [0.05, 0.1) is 10.2 Å². The van der Waals surface area contributed by atoms with E-state index in [0.29, 0.717) is 43.3 Å². The molecule has 0 spiro atoms. The van der Waals surface area contributed by atoms with Gasteiger partial charge in [-0.05, 0) is 36.4 Å². The lowest BCUT2D eigenvalue weighted by atomic mass is 10.2. The molecule has 150 valence electrons. The molecule has 0 aliphatic carbocycles. The number of piperazine rings is 1. The van der Waals surface area contributed by atoms with Gasteiger partial charge in [0, 0.05) is 31.7 Å². The quantitative estimate of drug-likeness (QED) is 0.502. The van der Waals surface area contributed by atoms with Crippen molar-refractivity contribution in [1.29, 1.82) is 0 Å². The molecule has 6 nitrogen and oxygen atoms in total. The van der Waals surface area contributed by atoms with Crippen LogP contribution < -0.4 is 0 Å². The van der Waals surface area contributed by atoms with Gasteiger partial charge in [-0.2, -0.15) is 0 Å². The number of amides is 2. The fraction of sp³-hybridized carbons (Fsp3) is 0.174. The highest BCUT2D eigenvalue weighted by atomic mass is 32.1. The third kappa shape index (κ3) is 3.48. The maximum Gasteiger partial charge on any atom is 0.289 e. The minimum atomic E-state index is -0.158. The van der Waals surface area contributed by atoms with Gasteiger partial charge in [0.1, 0.15) is 0 Å². The van der Waals surface area contributed by atoms with Gasteiger partial charge in [0.25, 0.3) is 11.8 Å². The van der Waals surface area contributed by atoms with E-state index in [-0.39, 0.29) is 11.8 Å². The summed E-state index contributed by atoms with van der Waals surface area (Å²) in [5.74, 6) is 0.734. The summed E-state index contributed by atoms with van der Waals surface area (Å²) in [7, 11) is 0. The zero-order valence-corrected chi connectivity index (χ0v) is 17.0. The van der Waals surface area contributed by atoms with Crippen molar-refractivity contribution in [2.75, 3.05) is 26.2 Å². The molecule has 2 aromatic carbocycles. The Morgan fingerprint density at radius 3 is 2.20 bits per heavy atom. The van der Waals surface area contributed by atoms with Crippen LogP contribution in [0.4, 0.5) is 0 Å². The molecule has 0 saturated carbocycles. The van der Waals surface area contributed by atoms with E-state index in [0.717, 1.165) is 15.2 Å². The van der Waals surface area contributed by atoms with Crippen molar-refractivity contribution in [1.82, 2.24) is 14.8 Å². The van der Waals surface area contributed by atoms with E-state index in [4.69, 9.17) is 4.42 Å². The molecule has 2 amide bonds. The van der Waals surface area contributed by atoms with Gasteiger partial charge in [0.2, 0.25) is 0 Å². The minimum Gasteiger partial charge on any atom is -0.448 e. The Morgan fingerprint density at radius 1 is 0.800 bits per heavy atom. The normalized spacial score (nSPS) is 14.3. The summed E-state index contributed by atoms with van der Waals surface area (Å²) in [6.45, 7) is 1.97. The van der Waals surface area contributed by atoms with Gasteiger partial charge < -0.3 is 14.2 Å². The Kier molecular flexibility index (Phi) is 4.80. The van der Waals surface area contributed by atoms with Gasteiger partial charge in [-0.25, -0.2) is 4.98 Å². The molecule has 3 heterocycles. The van der Waals surface area contributed by atoms with Crippen LogP contribution in [0.3, 0.4) is 0 Å². The van der Waals surface area contributed by atoms with Crippen LogP contribution in [-0.4, -0.2) is 52.8 Å². The SMILES string of the molecule is O=C(c1ccccc1)N1CCN(C(=O)c2ccc(-c3nc4ccccc4s3)o2)CC1. The maximum absolute atomic E-state index is 12.9. The van der Waals surface area contributed by atoms with Crippen molar-refractivity contribution in [3.05, 3.63) is 78.1 Å². The van der Waals surface area contributed by atoms with Crippen LogP contribution >= 0.6 is 11.3 Å². The van der Waals surface area contributed by atoms with Crippen LogP contribution in [0.1, 0.15) is 20.9 Å². The number of carbonyl (C=O) groups is 2. The predicted octanol–water partition coefficient (Wildman–Crippen LogP) is 4.15. The van der Waals surface area contributed by atoms with E-state index in [1.165, 1.54) is 11.3 Å². The van der Waals surface area contributed by atoms with E-state index >= 15 is 0 Å². The Labute approximate surface area is 177 Å². The van der Waals surface area contributed by atoms with Gasteiger partial charge in [-0.1, -0.05) is 30.3 Å². The second kappa shape index (κ2) is 7.76. The lowest BCUT2D eigenvalue weighted by molar-refractivity contribution is 0.0518. The van der Waals surface area contributed by atoms with Crippen LogP contribution in [-0.2, 0) is 0 Å². The first kappa shape index (κ1) is 18.6. The summed E-state index contributed by atoms with van der Waals surface area (Å²) in [5.41, 5.74) is 1.59. The standard InChI is InChI=1S/C23H19N3O3S/c27-22(16-6-2-1-3-7-16)25-12-14-26(15-13-25)23(28)19-11-10-18(29-19)21-24-17-8-4-5-9-20(17)30-21/h1-11H,12-15H2. The molecule has 5 rings (SSSR count). The first-order chi connectivity index (χ1) is 14.7. The van der Waals surface area contributed by atoms with Crippen LogP contribution in [0, 0.1) is 0 Å². The zero-order valence-electron chi connectivity index (χ0n) is 16.2. The van der Waals surface area contributed by atoms with Gasteiger partial charge in [-0.3, -0.25) is 9.59 Å². The number of rotatable bonds is 3. The highest BCUT2D eigenvalue weighted by Crippen LogP contribution is 2.31. The van der Waals surface area contributed by atoms with Crippen LogP contribution in [0.15, 0.2) is 71.1 Å². The summed E-state index contributed by atoms with van der Waals surface area (Å²) < 4.78 is 6.91. The molecular weight excluding hydrogens is 398 g/mol. The Bertz CT molecular complexity index is 1170. The molecular formula is C23H19N3O3S. The topological polar surface area (TPSA) is 66.7 Å². The number of hydrogen-bond acceptors (Lipinski definition) is 5. The first-order valence-electron chi connectivity index (χ1n) is 9.78. The zero-order chi connectivity index (χ0) is 20.5. The van der Waals surface area contributed by atoms with E-state index in [1.807, 2.05) is 54.6 Å². The number of aromatic nitrogens is 1. The first-order valence-corrected chi connectivity index (χ1v) is 10.6. The third-order valence-electron chi connectivity index (χ3n) is 5.20. The summed E-state index contributed by atoms with van der Waals surface area (Å²) in [6.07, 6.45) is 0. The molecule has 1 aliphatic rings. The highest BCUT2D eigenvalue weighted by Gasteiger charge is 2.27.